The van der Waals surface area contributed by atoms with Crippen LogP contribution in [0.4, 0.5) is 11.4 Å². The Morgan fingerprint density at radius 1 is 1.12 bits per heavy atom. The highest BCUT2D eigenvalue weighted by atomic mass is 16.1. The van der Waals surface area contributed by atoms with Crippen molar-refractivity contribution in [1.29, 1.82) is 0 Å². The summed E-state index contributed by atoms with van der Waals surface area (Å²) in [5.74, 6) is -0.289. The second-order valence-electron chi connectivity index (χ2n) is 3.26. The van der Waals surface area contributed by atoms with E-state index in [0.29, 0.717) is 11.4 Å². The Balaban J connectivity index is 2.09. The van der Waals surface area contributed by atoms with E-state index in [-0.39, 0.29) is 5.91 Å². The molecule has 0 aliphatic carbocycles. The van der Waals surface area contributed by atoms with Gasteiger partial charge in [-0.25, -0.2) is 15.0 Å². The molecular weight excluding hydrogens is 218 g/mol. The third-order valence-electron chi connectivity index (χ3n) is 2.10. The van der Waals surface area contributed by atoms with Crippen molar-refractivity contribution in [2.24, 2.45) is 0 Å². The predicted octanol–water partition coefficient (Wildman–Crippen LogP) is 1.17. The van der Waals surface area contributed by atoms with Crippen molar-refractivity contribution >= 4 is 17.3 Å². The van der Waals surface area contributed by atoms with Crippen LogP contribution in [0.2, 0.25) is 0 Å². The molecule has 6 nitrogen and oxygen atoms in total. The van der Waals surface area contributed by atoms with Gasteiger partial charge in [-0.3, -0.25) is 4.79 Å². The number of aromatic nitrogens is 3. The second-order valence-corrected chi connectivity index (χ2v) is 3.26. The van der Waals surface area contributed by atoms with Gasteiger partial charge in [0.05, 0.1) is 30.0 Å². The Kier molecular flexibility index (Phi) is 3.25. The lowest BCUT2D eigenvalue weighted by atomic mass is 10.3. The fourth-order valence-corrected chi connectivity index (χ4v) is 1.23. The van der Waals surface area contributed by atoms with Gasteiger partial charge >= 0.3 is 0 Å². The topological polar surface area (TPSA) is 79.8 Å². The number of nitrogens with one attached hydrogen (secondary N) is 2. The van der Waals surface area contributed by atoms with E-state index in [4.69, 9.17) is 0 Å². The smallest absolute Gasteiger partial charge is 0.274 e. The van der Waals surface area contributed by atoms with Crippen molar-refractivity contribution in [3.05, 3.63) is 42.7 Å². The molecule has 2 aromatic rings. The maximum absolute atomic E-state index is 11.8. The molecule has 2 N–H and O–H groups in total. The lowest BCUT2D eigenvalue weighted by molar-refractivity contribution is 0.102. The van der Waals surface area contributed by atoms with E-state index in [2.05, 4.69) is 25.6 Å². The average Bonchev–Trinajstić information content (AvgIpc) is 2.40. The van der Waals surface area contributed by atoms with Crippen LogP contribution in [-0.2, 0) is 0 Å². The first-order chi connectivity index (χ1) is 8.29. The molecule has 0 aliphatic heterocycles. The Hall–Kier alpha value is -2.50. The van der Waals surface area contributed by atoms with Gasteiger partial charge in [-0.1, -0.05) is 0 Å². The van der Waals surface area contributed by atoms with Crippen LogP contribution < -0.4 is 10.6 Å². The predicted molar refractivity (Wildman–Crippen MR) is 63.8 cm³/mol. The zero-order chi connectivity index (χ0) is 12.1. The van der Waals surface area contributed by atoms with Gasteiger partial charge in [0.1, 0.15) is 12.0 Å². The second kappa shape index (κ2) is 5.02. The minimum atomic E-state index is -0.289. The van der Waals surface area contributed by atoms with Crippen molar-refractivity contribution in [3.63, 3.8) is 0 Å². The van der Waals surface area contributed by atoms with Gasteiger partial charge in [0.25, 0.3) is 5.91 Å². The maximum atomic E-state index is 11.8. The van der Waals surface area contributed by atoms with E-state index in [1.165, 1.54) is 18.7 Å². The van der Waals surface area contributed by atoms with Crippen molar-refractivity contribution in [3.8, 4) is 0 Å². The van der Waals surface area contributed by atoms with E-state index in [9.17, 15) is 4.79 Å². The molecule has 0 radical (unpaired) electrons. The Morgan fingerprint density at radius 2 is 1.88 bits per heavy atom. The number of anilines is 2. The van der Waals surface area contributed by atoms with Crippen molar-refractivity contribution in [2.75, 3.05) is 17.7 Å². The largest absolute Gasteiger partial charge is 0.387 e. The molecule has 2 aromatic heterocycles. The van der Waals surface area contributed by atoms with Crippen LogP contribution in [0.1, 0.15) is 10.5 Å². The number of nitrogens with zero attached hydrogens (tertiary/aromatic N) is 3. The summed E-state index contributed by atoms with van der Waals surface area (Å²) in [6.45, 7) is 0. The summed E-state index contributed by atoms with van der Waals surface area (Å²) >= 11 is 0. The van der Waals surface area contributed by atoms with E-state index < -0.39 is 0 Å². The summed E-state index contributed by atoms with van der Waals surface area (Å²) in [5.41, 5.74) is 1.73. The van der Waals surface area contributed by atoms with Gasteiger partial charge in [0, 0.05) is 7.05 Å². The molecular formula is C11H11N5O. The number of hydrogen-bond donors (Lipinski definition) is 2. The van der Waals surface area contributed by atoms with Crippen LogP contribution in [0.25, 0.3) is 0 Å². The summed E-state index contributed by atoms with van der Waals surface area (Å²) in [5, 5.41) is 5.58. The summed E-state index contributed by atoms with van der Waals surface area (Å²) in [7, 11) is 1.79. The lowest BCUT2D eigenvalue weighted by Gasteiger charge is -2.04. The van der Waals surface area contributed by atoms with Gasteiger partial charge in [0.2, 0.25) is 0 Å². The van der Waals surface area contributed by atoms with E-state index >= 15 is 0 Å². The lowest BCUT2D eigenvalue weighted by Crippen LogP contribution is -2.13. The maximum Gasteiger partial charge on any atom is 0.274 e. The van der Waals surface area contributed by atoms with Crippen LogP contribution in [0.15, 0.2) is 37.1 Å². The molecule has 0 saturated heterocycles. The van der Waals surface area contributed by atoms with Gasteiger partial charge in [-0.05, 0) is 12.1 Å². The molecule has 1 amide bonds. The van der Waals surface area contributed by atoms with Crippen LogP contribution in [0.5, 0.6) is 0 Å². The van der Waals surface area contributed by atoms with Gasteiger partial charge in [-0.15, -0.1) is 0 Å². The molecule has 0 saturated carbocycles. The standard InChI is InChI=1S/C11H11N5O/c1-12-8-2-3-10(15-6-8)11(17)16-9-4-13-7-14-5-9/h2-7,12H,1H3,(H,16,17). The number of pyridine rings is 1. The number of amides is 1. The van der Waals surface area contributed by atoms with Crippen molar-refractivity contribution in [1.82, 2.24) is 15.0 Å². The first-order valence-electron chi connectivity index (χ1n) is 5.00. The first-order valence-corrected chi connectivity index (χ1v) is 5.00. The number of rotatable bonds is 3. The average molecular weight is 229 g/mol. The number of hydrogen-bond acceptors (Lipinski definition) is 5. The molecule has 2 rings (SSSR count). The molecule has 0 atom stereocenters. The minimum absolute atomic E-state index is 0.289. The zero-order valence-electron chi connectivity index (χ0n) is 9.21. The molecule has 2 heterocycles. The number of carbonyl (C=O) groups excluding carboxylic acids is 1. The molecule has 17 heavy (non-hydrogen) atoms. The molecule has 0 unspecified atom stereocenters. The van der Waals surface area contributed by atoms with E-state index in [1.54, 1.807) is 25.4 Å². The molecule has 0 aliphatic rings. The summed E-state index contributed by atoms with van der Waals surface area (Å²) in [6.07, 6.45) is 6.03. The molecule has 0 bridgehead atoms. The fourth-order valence-electron chi connectivity index (χ4n) is 1.23. The van der Waals surface area contributed by atoms with Gasteiger partial charge < -0.3 is 10.6 Å². The molecule has 0 spiro atoms. The van der Waals surface area contributed by atoms with E-state index in [1.807, 2.05) is 0 Å². The molecule has 0 aromatic carbocycles. The highest BCUT2D eigenvalue weighted by Crippen LogP contribution is 2.07. The normalized spacial score (nSPS) is 9.71. The molecule has 86 valence electrons. The van der Waals surface area contributed by atoms with Crippen molar-refractivity contribution < 1.29 is 4.79 Å². The Labute approximate surface area is 98.1 Å². The van der Waals surface area contributed by atoms with Crippen molar-refractivity contribution in [2.45, 2.75) is 0 Å². The highest BCUT2D eigenvalue weighted by molar-refractivity contribution is 6.02. The number of carbonyl (C=O) groups is 1. The van der Waals surface area contributed by atoms with Gasteiger partial charge in [-0.2, -0.15) is 0 Å². The summed E-state index contributed by atoms with van der Waals surface area (Å²) in [4.78, 5) is 23.4. The minimum Gasteiger partial charge on any atom is -0.387 e. The van der Waals surface area contributed by atoms with Crippen LogP contribution in [0.3, 0.4) is 0 Å². The quantitative estimate of drug-likeness (QED) is 0.825. The first kappa shape index (κ1) is 11.0. The monoisotopic (exact) mass is 229 g/mol. The third kappa shape index (κ3) is 2.75. The fraction of sp³-hybridized carbons (Fsp3) is 0.0909. The summed E-state index contributed by atoms with van der Waals surface area (Å²) in [6, 6.07) is 3.42. The molecule has 0 fully saturated rings. The SMILES string of the molecule is CNc1ccc(C(=O)Nc2cncnc2)nc1. The van der Waals surface area contributed by atoms with Crippen LogP contribution in [-0.4, -0.2) is 27.9 Å². The Bertz CT molecular complexity index is 497. The highest BCUT2D eigenvalue weighted by Gasteiger charge is 2.07. The third-order valence-corrected chi connectivity index (χ3v) is 2.10. The molecule has 6 heteroatoms. The van der Waals surface area contributed by atoms with Gasteiger partial charge in [0.15, 0.2) is 0 Å². The van der Waals surface area contributed by atoms with E-state index in [0.717, 1.165) is 5.69 Å². The summed E-state index contributed by atoms with van der Waals surface area (Å²) < 4.78 is 0. The van der Waals surface area contributed by atoms with Crippen LogP contribution in [0, 0.1) is 0 Å². The Morgan fingerprint density at radius 3 is 2.47 bits per heavy atom. The van der Waals surface area contributed by atoms with Crippen LogP contribution >= 0.6 is 0 Å². The zero-order valence-corrected chi connectivity index (χ0v) is 9.21.